The van der Waals surface area contributed by atoms with Crippen LogP contribution < -0.4 is 0 Å². The Morgan fingerprint density at radius 2 is 2.25 bits per heavy atom. The quantitative estimate of drug-likeness (QED) is 0.685. The van der Waals surface area contributed by atoms with Gasteiger partial charge in [0, 0.05) is 32.4 Å². The summed E-state index contributed by atoms with van der Waals surface area (Å²) in [5.74, 6) is 0. The van der Waals surface area contributed by atoms with Gasteiger partial charge in [0.25, 0.3) is 0 Å². The molecule has 0 amide bonds. The van der Waals surface area contributed by atoms with Gasteiger partial charge in [-0.05, 0) is 25.3 Å². The summed E-state index contributed by atoms with van der Waals surface area (Å²) in [5, 5.41) is 13.9. The van der Waals surface area contributed by atoms with E-state index in [2.05, 4.69) is 12.0 Å². The second-order valence-electron chi connectivity index (χ2n) is 3.96. The molecule has 0 saturated heterocycles. The van der Waals surface area contributed by atoms with Gasteiger partial charge < -0.3 is 9.84 Å². The first-order valence-electron chi connectivity index (χ1n) is 6.03. The molecule has 0 bridgehead atoms. The van der Waals surface area contributed by atoms with E-state index in [-0.39, 0.29) is 6.10 Å². The first kappa shape index (κ1) is 13.2. The molecular weight excluding hydrogens is 204 g/mol. The molecule has 0 saturated carbocycles. The van der Waals surface area contributed by atoms with E-state index in [1.54, 1.807) is 0 Å². The molecule has 4 heteroatoms. The molecule has 0 aliphatic heterocycles. The van der Waals surface area contributed by atoms with Crippen molar-refractivity contribution in [3.8, 4) is 0 Å². The van der Waals surface area contributed by atoms with Crippen molar-refractivity contribution in [2.75, 3.05) is 13.2 Å². The maximum absolute atomic E-state index is 9.77. The monoisotopic (exact) mass is 226 g/mol. The fourth-order valence-electron chi connectivity index (χ4n) is 1.52. The third-order valence-corrected chi connectivity index (χ3v) is 2.43. The van der Waals surface area contributed by atoms with Crippen molar-refractivity contribution in [2.45, 2.75) is 45.8 Å². The Kier molecular flexibility index (Phi) is 6.11. The van der Waals surface area contributed by atoms with Crippen LogP contribution in [-0.2, 0) is 17.7 Å². The van der Waals surface area contributed by atoms with Gasteiger partial charge in [-0.25, -0.2) is 0 Å². The lowest BCUT2D eigenvalue weighted by molar-refractivity contribution is 0.0824. The van der Waals surface area contributed by atoms with Gasteiger partial charge in [-0.1, -0.05) is 6.92 Å². The summed E-state index contributed by atoms with van der Waals surface area (Å²) >= 11 is 0. The highest BCUT2D eigenvalue weighted by molar-refractivity contribution is 5.05. The summed E-state index contributed by atoms with van der Waals surface area (Å²) in [6.45, 7) is 6.41. The SMILES string of the molecule is CCCOCCC(O)Cc1cnn(CC)c1. The smallest absolute Gasteiger partial charge is 0.0603 e. The Morgan fingerprint density at radius 1 is 1.44 bits per heavy atom. The van der Waals surface area contributed by atoms with Crippen LogP contribution in [0, 0.1) is 0 Å². The summed E-state index contributed by atoms with van der Waals surface area (Å²) in [7, 11) is 0. The van der Waals surface area contributed by atoms with Crippen molar-refractivity contribution in [3.63, 3.8) is 0 Å². The van der Waals surface area contributed by atoms with Gasteiger partial charge in [0.2, 0.25) is 0 Å². The molecule has 1 rings (SSSR count). The molecule has 1 atom stereocenters. The second-order valence-corrected chi connectivity index (χ2v) is 3.96. The van der Waals surface area contributed by atoms with Gasteiger partial charge in [0.15, 0.2) is 0 Å². The molecule has 0 spiro atoms. The van der Waals surface area contributed by atoms with Gasteiger partial charge in [-0.15, -0.1) is 0 Å². The van der Waals surface area contributed by atoms with E-state index in [1.807, 2.05) is 24.0 Å². The molecule has 1 unspecified atom stereocenters. The summed E-state index contributed by atoms with van der Waals surface area (Å²) in [6, 6.07) is 0. The largest absolute Gasteiger partial charge is 0.393 e. The summed E-state index contributed by atoms with van der Waals surface area (Å²) in [4.78, 5) is 0. The van der Waals surface area contributed by atoms with Gasteiger partial charge >= 0.3 is 0 Å². The molecule has 1 heterocycles. The molecule has 0 aromatic carbocycles. The molecule has 0 aliphatic carbocycles. The van der Waals surface area contributed by atoms with Crippen molar-refractivity contribution in [3.05, 3.63) is 18.0 Å². The minimum absolute atomic E-state index is 0.327. The first-order chi connectivity index (χ1) is 7.76. The zero-order valence-electron chi connectivity index (χ0n) is 10.2. The van der Waals surface area contributed by atoms with Crippen molar-refractivity contribution in [1.29, 1.82) is 0 Å². The average Bonchev–Trinajstić information content (AvgIpc) is 2.72. The molecular formula is C12H22N2O2. The Hall–Kier alpha value is -0.870. The minimum Gasteiger partial charge on any atom is -0.393 e. The normalized spacial score (nSPS) is 12.9. The predicted octanol–water partition coefficient (Wildman–Crippen LogP) is 1.62. The van der Waals surface area contributed by atoms with Crippen LogP contribution in [0.2, 0.25) is 0 Å². The number of aliphatic hydroxyl groups excluding tert-OH is 1. The van der Waals surface area contributed by atoms with Crippen LogP contribution in [0.3, 0.4) is 0 Å². The zero-order chi connectivity index (χ0) is 11.8. The highest BCUT2D eigenvalue weighted by Crippen LogP contribution is 2.05. The third kappa shape index (κ3) is 4.77. The van der Waals surface area contributed by atoms with Crippen LogP contribution in [0.15, 0.2) is 12.4 Å². The van der Waals surface area contributed by atoms with Crippen molar-refractivity contribution in [2.24, 2.45) is 0 Å². The van der Waals surface area contributed by atoms with E-state index in [1.165, 1.54) is 0 Å². The molecule has 0 fully saturated rings. The molecule has 0 radical (unpaired) electrons. The topological polar surface area (TPSA) is 47.3 Å². The fourth-order valence-corrected chi connectivity index (χ4v) is 1.52. The molecule has 1 aromatic heterocycles. The standard InChI is InChI=1S/C12H22N2O2/c1-3-6-16-7-5-12(15)8-11-9-13-14(4-2)10-11/h9-10,12,15H,3-8H2,1-2H3. The molecule has 16 heavy (non-hydrogen) atoms. The Morgan fingerprint density at radius 3 is 2.88 bits per heavy atom. The number of hydrogen-bond donors (Lipinski definition) is 1. The highest BCUT2D eigenvalue weighted by atomic mass is 16.5. The van der Waals surface area contributed by atoms with Crippen LogP contribution in [0.4, 0.5) is 0 Å². The van der Waals surface area contributed by atoms with Crippen LogP contribution >= 0.6 is 0 Å². The van der Waals surface area contributed by atoms with Crippen molar-refractivity contribution < 1.29 is 9.84 Å². The fraction of sp³-hybridized carbons (Fsp3) is 0.750. The van der Waals surface area contributed by atoms with E-state index in [9.17, 15) is 5.11 Å². The maximum Gasteiger partial charge on any atom is 0.0603 e. The Labute approximate surface area is 97.2 Å². The number of ether oxygens (including phenoxy) is 1. The number of hydrogen-bond acceptors (Lipinski definition) is 3. The third-order valence-electron chi connectivity index (χ3n) is 2.43. The van der Waals surface area contributed by atoms with E-state index in [4.69, 9.17) is 4.74 Å². The van der Waals surface area contributed by atoms with Crippen LogP contribution in [-0.4, -0.2) is 34.2 Å². The van der Waals surface area contributed by atoms with Crippen LogP contribution in [0.5, 0.6) is 0 Å². The lowest BCUT2D eigenvalue weighted by Gasteiger charge is -2.09. The summed E-state index contributed by atoms with van der Waals surface area (Å²) in [5.41, 5.74) is 1.09. The summed E-state index contributed by atoms with van der Waals surface area (Å²) < 4.78 is 7.21. The molecule has 4 nitrogen and oxygen atoms in total. The van der Waals surface area contributed by atoms with Crippen molar-refractivity contribution in [1.82, 2.24) is 9.78 Å². The van der Waals surface area contributed by atoms with E-state index < -0.39 is 0 Å². The van der Waals surface area contributed by atoms with E-state index >= 15 is 0 Å². The average molecular weight is 226 g/mol. The van der Waals surface area contributed by atoms with E-state index in [0.717, 1.165) is 25.1 Å². The number of aromatic nitrogens is 2. The lowest BCUT2D eigenvalue weighted by Crippen LogP contribution is -2.13. The zero-order valence-corrected chi connectivity index (χ0v) is 10.2. The number of nitrogens with zero attached hydrogens (tertiary/aromatic N) is 2. The molecule has 1 N–H and O–H groups in total. The van der Waals surface area contributed by atoms with E-state index in [0.29, 0.717) is 19.4 Å². The number of aliphatic hydroxyl groups is 1. The maximum atomic E-state index is 9.77. The molecule has 92 valence electrons. The van der Waals surface area contributed by atoms with Crippen LogP contribution in [0.25, 0.3) is 0 Å². The van der Waals surface area contributed by atoms with Gasteiger partial charge in [-0.2, -0.15) is 5.10 Å². The van der Waals surface area contributed by atoms with Gasteiger partial charge in [-0.3, -0.25) is 4.68 Å². The molecule has 1 aromatic rings. The lowest BCUT2D eigenvalue weighted by atomic mass is 10.1. The highest BCUT2D eigenvalue weighted by Gasteiger charge is 2.07. The van der Waals surface area contributed by atoms with Crippen LogP contribution in [0.1, 0.15) is 32.3 Å². The Balaban J connectivity index is 2.20. The van der Waals surface area contributed by atoms with Crippen molar-refractivity contribution >= 4 is 0 Å². The Bertz CT molecular complexity index is 286. The van der Waals surface area contributed by atoms with Gasteiger partial charge in [0.1, 0.15) is 0 Å². The number of rotatable bonds is 8. The number of aryl methyl sites for hydroxylation is 1. The summed E-state index contributed by atoms with van der Waals surface area (Å²) in [6.07, 6.45) is 5.85. The first-order valence-corrected chi connectivity index (χ1v) is 6.03. The minimum atomic E-state index is -0.327. The van der Waals surface area contributed by atoms with Gasteiger partial charge in [0.05, 0.1) is 12.3 Å². The molecule has 0 aliphatic rings. The predicted molar refractivity (Wildman–Crippen MR) is 63.3 cm³/mol. The second kappa shape index (κ2) is 7.41.